The Kier molecular flexibility index (Phi) is 7.64. The second-order valence-electron chi connectivity index (χ2n) is 8.52. The van der Waals surface area contributed by atoms with Gasteiger partial charge in [0.25, 0.3) is 0 Å². The molecule has 2 saturated heterocycles. The number of hydrogen-bond donors (Lipinski definition) is 0. The van der Waals surface area contributed by atoms with E-state index < -0.39 is 10.0 Å². The van der Waals surface area contributed by atoms with E-state index in [0.29, 0.717) is 57.9 Å². The maximum Gasteiger partial charge on any atom is 0.243 e. The molecule has 0 aliphatic carbocycles. The monoisotopic (exact) mass is 509 g/mol. The highest BCUT2D eigenvalue weighted by Crippen LogP contribution is 2.31. The van der Waals surface area contributed by atoms with Crippen LogP contribution < -0.4 is 9.64 Å². The number of hydrogen-bond acceptors (Lipinski definition) is 5. The van der Waals surface area contributed by atoms with Gasteiger partial charge >= 0.3 is 0 Å². The summed E-state index contributed by atoms with van der Waals surface area (Å²) in [5.74, 6) is -0.223. The zero-order valence-corrected chi connectivity index (χ0v) is 20.7. The van der Waals surface area contributed by atoms with Crippen LogP contribution in [0.15, 0.2) is 47.4 Å². The van der Waals surface area contributed by atoms with Crippen LogP contribution in [-0.4, -0.2) is 69.4 Å². The Morgan fingerprint density at radius 3 is 2.44 bits per heavy atom. The molecule has 0 N–H and O–H groups in total. The van der Waals surface area contributed by atoms with Crippen molar-refractivity contribution in [1.29, 1.82) is 0 Å². The summed E-state index contributed by atoms with van der Waals surface area (Å²) < 4.78 is 46.5. The molecular weight excluding hydrogens is 481 g/mol. The number of nitrogens with zero attached hydrogens (tertiary/aromatic N) is 3. The summed E-state index contributed by atoms with van der Waals surface area (Å²) in [4.78, 5) is 17.3. The largest absolute Gasteiger partial charge is 0.492 e. The third-order valence-corrected chi connectivity index (χ3v) is 8.51. The van der Waals surface area contributed by atoms with Crippen molar-refractivity contribution in [2.75, 3.05) is 50.8 Å². The van der Waals surface area contributed by atoms with Crippen LogP contribution in [0.1, 0.15) is 19.8 Å². The predicted molar refractivity (Wildman–Crippen MR) is 129 cm³/mol. The number of carbonyl (C=O) groups is 1. The molecule has 0 radical (unpaired) electrons. The van der Waals surface area contributed by atoms with E-state index in [9.17, 15) is 17.6 Å². The minimum atomic E-state index is -3.78. The Bertz CT molecular complexity index is 1120. The lowest BCUT2D eigenvalue weighted by atomic mass is 9.97. The molecule has 2 aromatic rings. The summed E-state index contributed by atoms with van der Waals surface area (Å²) in [5.41, 5.74) is 0.928. The minimum absolute atomic E-state index is 0.0108. The van der Waals surface area contributed by atoms with Crippen LogP contribution in [0.25, 0.3) is 0 Å². The quantitative estimate of drug-likeness (QED) is 0.595. The Labute approximate surface area is 205 Å². The summed E-state index contributed by atoms with van der Waals surface area (Å²) in [7, 11) is -3.78. The molecule has 2 aliphatic heterocycles. The van der Waals surface area contributed by atoms with Crippen LogP contribution >= 0.6 is 11.6 Å². The maximum absolute atomic E-state index is 13.2. The molecule has 2 fully saturated rings. The summed E-state index contributed by atoms with van der Waals surface area (Å²) in [6.07, 6.45) is 1.28. The number of amides is 1. The lowest BCUT2D eigenvalue weighted by Crippen LogP contribution is -2.53. The fraction of sp³-hybridized carbons (Fsp3) is 0.458. The third kappa shape index (κ3) is 5.31. The molecule has 7 nitrogen and oxygen atoms in total. The van der Waals surface area contributed by atoms with Crippen LogP contribution in [0, 0.1) is 11.7 Å². The topological polar surface area (TPSA) is 70.2 Å². The van der Waals surface area contributed by atoms with Gasteiger partial charge in [-0.25, -0.2) is 12.8 Å². The van der Waals surface area contributed by atoms with Crippen molar-refractivity contribution >= 4 is 33.2 Å². The minimum Gasteiger partial charge on any atom is -0.492 e. The third-order valence-electron chi connectivity index (χ3n) is 6.36. The van der Waals surface area contributed by atoms with Gasteiger partial charge < -0.3 is 14.5 Å². The lowest BCUT2D eigenvalue weighted by Gasteiger charge is -2.39. The molecular formula is C24H29ClFN3O4S. The zero-order valence-electron chi connectivity index (χ0n) is 19.1. The summed E-state index contributed by atoms with van der Waals surface area (Å²) >= 11 is 6.21. The number of halogens is 2. The molecule has 10 heteroatoms. The van der Waals surface area contributed by atoms with Crippen LogP contribution in [0.3, 0.4) is 0 Å². The van der Waals surface area contributed by atoms with Gasteiger partial charge in [0.15, 0.2) is 0 Å². The SMILES string of the molecule is CCOc1ccc(S(=O)(=O)N2CCC[C@H](C(=O)N3CCN(c4ccc(F)cc4)CC3)C2)cc1Cl. The average Bonchev–Trinajstić information content (AvgIpc) is 2.85. The molecule has 0 saturated carbocycles. The molecule has 0 unspecified atom stereocenters. The Morgan fingerprint density at radius 1 is 1.09 bits per heavy atom. The Morgan fingerprint density at radius 2 is 1.79 bits per heavy atom. The van der Waals surface area contributed by atoms with E-state index in [1.165, 1.54) is 28.6 Å². The van der Waals surface area contributed by atoms with Crippen molar-refractivity contribution in [3.05, 3.63) is 53.3 Å². The fourth-order valence-corrected chi connectivity index (χ4v) is 6.37. The molecule has 2 heterocycles. The van der Waals surface area contributed by atoms with Crippen LogP contribution in [0.5, 0.6) is 5.75 Å². The van der Waals surface area contributed by atoms with Crippen molar-refractivity contribution in [2.45, 2.75) is 24.7 Å². The summed E-state index contributed by atoms with van der Waals surface area (Å²) in [6, 6.07) is 10.8. The molecule has 4 rings (SSSR count). The standard InChI is InChI=1S/C24H29ClFN3O4S/c1-2-33-23-10-9-21(16-22(23)25)34(31,32)29-11-3-4-18(17-29)24(30)28-14-12-27(13-15-28)20-7-5-19(26)6-8-20/h5-10,16,18H,2-4,11-15,17H2,1H3/t18-/m0/s1. The number of benzene rings is 2. The van der Waals surface area contributed by atoms with E-state index in [4.69, 9.17) is 16.3 Å². The first-order valence-electron chi connectivity index (χ1n) is 11.5. The van der Waals surface area contributed by atoms with Gasteiger partial charge in [0.1, 0.15) is 11.6 Å². The molecule has 184 valence electrons. The highest BCUT2D eigenvalue weighted by atomic mass is 35.5. The second-order valence-corrected chi connectivity index (χ2v) is 10.9. The van der Waals surface area contributed by atoms with Crippen LogP contribution in [-0.2, 0) is 14.8 Å². The first-order chi connectivity index (χ1) is 16.3. The lowest BCUT2D eigenvalue weighted by molar-refractivity contribution is -0.137. The van der Waals surface area contributed by atoms with E-state index in [2.05, 4.69) is 4.90 Å². The smallest absolute Gasteiger partial charge is 0.243 e. The average molecular weight is 510 g/mol. The Balaban J connectivity index is 1.39. The van der Waals surface area contributed by atoms with E-state index in [-0.39, 0.29) is 34.1 Å². The summed E-state index contributed by atoms with van der Waals surface area (Å²) in [6.45, 7) is 5.18. The van der Waals surface area contributed by atoms with Gasteiger partial charge in [-0.2, -0.15) is 4.31 Å². The van der Waals surface area contributed by atoms with E-state index in [1.807, 2.05) is 11.8 Å². The molecule has 0 bridgehead atoms. The molecule has 1 atom stereocenters. The number of rotatable bonds is 6. The number of piperidine rings is 1. The fourth-order valence-electron chi connectivity index (χ4n) is 4.52. The van der Waals surface area contributed by atoms with Gasteiger partial charge in [-0.3, -0.25) is 4.79 Å². The zero-order chi connectivity index (χ0) is 24.3. The second kappa shape index (κ2) is 10.5. The van der Waals surface area contributed by atoms with Crippen LogP contribution in [0.4, 0.5) is 10.1 Å². The van der Waals surface area contributed by atoms with E-state index >= 15 is 0 Å². The van der Waals surface area contributed by atoms with E-state index in [1.54, 1.807) is 18.2 Å². The predicted octanol–water partition coefficient (Wildman–Crippen LogP) is 3.63. The number of sulfonamides is 1. The molecule has 1 amide bonds. The van der Waals surface area contributed by atoms with Crippen molar-refractivity contribution in [2.24, 2.45) is 5.92 Å². The molecule has 2 aromatic carbocycles. The molecule has 2 aliphatic rings. The first-order valence-corrected chi connectivity index (χ1v) is 13.3. The molecule has 0 spiro atoms. The van der Waals surface area contributed by atoms with E-state index in [0.717, 1.165) is 5.69 Å². The van der Waals surface area contributed by atoms with Gasteiger partial charge in [-0.1, -0.05) is 11.6 Å². The van der Waals surface area contributed by atoms with Gasteiger partial charge in [-0.15, -0.1) is 0 Å². The van der Waals surface area contributed by atoms with Gasteiger partial charge in [-0.05, 0) is 62.2 Å². The number of ether oxygens (including phenoxy) is 1. The summed E-state index contributed by atoms with van der Waals surface area (Å²) in [5, 5.41) is 0.242. The van der Waals surface area contributed by atoms with Gasteiger partial charge in [0, 0.05) is 45.0 Å². The van der Waals surface area contributed by atoms with Crippen molar-refractivity contribution in [3.8, 4) is 5.75 Å². The highest BCUT2D eigenvalue weighted by Gasteiger charge is 2.36. The highest BCUT2D eigenvalue weighted by molar-refractivity contribution is 7.89. The molecule has 0 aromatic heterocycles. The first kappa shape index (κ1) is 24.8. The number of carbonyl (C=O) groups excluding carboxylic acids is 1. The Hall–Kier alpha value is -2.36. The van der Waals surface area contributed by atoms with Gasteiger partial charge in [0.05, 0.1) is 22.4 Å². The number of anilines is 1. The van der Waals surface area contributed by atoms with Crippen molar-refractivity contribution < 1.29 is 22.3 Å². The van der Waals surface area contributed by atoms with Crippen molar-refractivity contribution in [1.82, 2.24) is 9.21 Å². The van der Waals surface area contributed by atoms with Gasteiger partial charge in [0.2, 0.25) is 15.9 Å². The van der Waals surface area contributed by atoms with Crippen LogP contribution in [0.2, 0.25) is 5.02 Å². The normalized spacial score (nSPS) is 19.8. The maximum atomic E-state index is 13.2. The number of piperazine rings is 1. The van der Waals surface area contributed by atoms with Crippen molar-refractivity contribution in [3.63, 3.8) is 0 Å². The molecule has 34 heavy (non-hydrogen) atoms.